The molecule has 0 radical (unpaired) electrons. The molecule has 10 nitrogen and oxygen atoms in total. The van der Waals surface area contributed by atoms with E-state index in [2.05, 4.69) is 48.7 Å². The Morgan fingerprint density at radius 3 is 2.32 bits per heavy atom. The Hall–Kier alpha value is -3.63. The van der Waals surface area contributed by atoms with Crippen molar-refractivity contribution in [2.45, 2.75) is 83.3 Å². The zero-order valence-electron chi connectivity index (χ0n) is 26.4. The second-order valence-corrected chi connectivity index (χ2v) is 12.4. The van der Waals surface area contributed by atoms with Crippen molar-refractivity contribution in [1.82, 2.24) is 25.1 Å². The molecule has 0 bridgehead atoms. The van der Waals surface area contributed by atoms with E-state index in [1.165, 1.54) is 16.2 Å². The fraction of sp³-hybridized carbons (Fsp3) is 0.559. The summed E-state index contributed by atoms with van der Waals surface area (Å²) in [6.45, 7) is 7.07. The van der Waals surface area contributed by atoms with Crippen LogP contribution in [-0.2, 0) is 30.5 Å². The normalized spacial score (nSPS) is 18.9. The minimum atomic E-state index is -0.685. The number of anilines is 1. The first-order chi connectivity index (χ1) is 21.3. The number of carbonyl (C=O) groups is 3. The van der Waals surface area contributed by atoms with Gasteiger partial charge in [0.1, 0.15) is 6.04 Å². The van der Waals surface area contributed by atoms with Gasteiger partial charge in [-0.05, 0) is 73.3 Å². The van der Waals surface area contributed by atoms with Crippen LogP contribution in [0.4, 0.5) is 15.3 Å². The van der Waals surface area contributed by atoms with Crippen molar-refractivity contribution in [1.29, 1.82) is 0 Å². The summed E-state index contributed by atoms with van der Waals surface area (Å²) in [6, 6.07) is 13.4. The van der Waals surface area contributed by atoms with Gasteiger partial charge in [-0.3, -0.25) is 4.79 Å². The lowest BCUT2D eigenvalue weighted by Crippen LogP contribution is -2.57. The van der Waals surface area contributed by atoms with Crippen LogP contribution in [0.25, 0.3) is 0 Å². The molecule has 44 heavy (non-hydrogen) atoms. The van der Waals surface area contributed by atoms with Crippen LogP contribution in [0.5, 0.6) is 0 Å². The Bertz CT molecular complexity index is 1320. The average molecular weight is 605 g/mol. The van der Waals surface area contributed by atoms with Gasteiger partial charge in [0.25, 0.3) is 0 Å². The molecular weight excluding hydrogens is 556 g/mol. The van der Waals surface area contributed by atoms with Crippen molar-refractivity contribution in [3.05, 3.63) is 64.7 Å². The molecule has 10 heteroatoms. The molecule has 0 aromatic heterocycles. The van der Waals surface area contributed by atoms with E-state index in [-0.39, 0.29) is 30.1 Å². The van der Waals surface area contributed by atoms with Gasteiger partial charge >= 0.3 is 12.1 Å². The molecular formula is C34H48N6O4. The molecule has 3 aliphatic heterocycles. The van der Waals surface area contributed by atoms with Crippen molar-refractivity contribution in [2.75, 3.05) is 45.1 Å². The van der Waals surface area contributed by atoms with Gasteiger partial charge in [0.15, 0.2) is 0 Å². The molecule has 5 rings (SSSR count). The van der Waals surface area contributed by atoms with Crippen LogP contribution in [0.15, 0.2) is 42.5 Å². The lowest BCUT2D eigenvalue weighted by molar-refractivity contribution is -0.141. The fourth-order valence-electron chi connectivity index (χ4n) is 6.96. The van der Waals surface area contributed by atoms with E-state index in [0.29, 0.717) is 64.8 Å². The number of nitrogens with zero attached hydrogens (tertiary/aromatic N) is 4. The molecule has 2 aromatic rings. The summed E-state index contributed by atoms with van der Waals surface area (Å²) >= 11 is 0. The smallest absolute Gasteiger partial charge is 0.322 e. The summed E-state index contributed by atoms with van der Waals surface area (Å²) in [5.41, 5.74) is 5.63. The third kappa shape index (κ3) is 7.35. The number of likely N-dealkylation sites (tertiary alicyclic amines) is 2. The highest BCUT2D eigenvalue weighted by atomic mass is 16.5. The number of carbonyl (C=O) groups excluding carboxylic acids is 3. The van der Waals surface area contributed by atoms with Crippen molar-refractivity contribution in [2.24, 2.45) is 0 Å². The summed E-state index contributed by atoms with van der Waals surface area (Å²) in [6.07, 6.45) is 5.85. The van der Waals surface area contributed by atoms with Crippen molar-refractivity contribution in [3.8, 4) is 0 Å². The van der Waals surface area contributed by atoms with Gasteiger partial charge in [0.05, 0.1) is 0 Å². The van der Waals surface area contributed by atoms with Gasteiger partial charge < -0.3 is 30.5 Å². The highest BCUT2D eigenvalue weighted by Crippen LogP contribution is 2.25. The van der Waals surface area contributed by atoms with Crippen LogP contribution in [-0.4, -0.2) is 101 Å². The van der Waals surface area contributed by atoms with Gasteiger partial charge in [0, 0.05) is 64.0 Å². The first-order valence-electron chi connectivity index (χ1n) is 16.3. The molecule has 2 saturated heterocycles. The molecule has 2 fully saturated rings. The van der Waals surface area contributed by atoms with Crippen molar-refractivity contribution < 1.29 is 19.6 Å². The second kappa shape index (κ2) is 14.4. The van der Waals surface area contributed by atoms with Crippen molar-refractivity contribution in [3.63, 3.8) is 0 Å². The minimum Gasteiger partial charge on any atom is -0.341 e. The quantitative estimate of drug-likeness (QED) is 0.390. The largest absolute Gasteiger partial charge is 0.341 e. The zero-order valence-corrected chi connectivity index (χ0v) is 26.4. The molecule has 0 unspecified atom stereocenters. The Balaban J connectivity index is 1.23. The third-order valence-electron chi connectivity index (χ3n) is 9.71. The highest BCUT2D eigenvalue weighted by Gasteiger charge is 2.34. The predicted molar refractivity (Wildman–Crippen MR) is 171 cm³/mol. The number of aryl methyl sites for hydroxylation is 2. The number of hydrogen-bond acceptors (Lipinski definition) is 5. The SMILES string of the molecule is CCc1ccc(C[C@@H](NC(=O)N2CCC(N3CCc4ccccc4NC3=O)CC2)C(=O)N2CCC(N(C)O)CC2)cc1CC. The van der Waals surface area contributed by atoms with Crippen LogP contribution < -0.4 is 10.6 Å². The first kappa shape index (κ1) is 31.8. The van der Waals surface area contributed by atoms with E-state index >= 15 is 0 Å². The molecule has 0 spiro atoms. The fourth-order valence-corrected chi connectivity index (χ4v) is 6.96. The molecule has 5 amide bonds. The Morgan fingerprint density at radius 1 is 0.955 bits per heavy atom. The lowest BCUT2D eigenvalue weighted by Gasteiger charge is -2.39. The van der Waals surface area contributed by atoms with Crippen LogP contribution in [0.2, 0.25) is 0 Å². The molecule has 0 aliphatic carbocycles. The molecule has 3 aliphatic rings. The van der Waals surface area contributed by atoms with Crippen LogP contribution in [0.3, 0.4) is 0 Å². The summed E-state index contributed by atoms with van der Waals surface area (Å²) in [5, 5.41) is 17.3. The van der Waals surface area contributed by atoms with Crippen LogP contribution in [0.1, 0.15) is 61.8 Å². The number of rotatable bonds is 8. The molecule has 3 heterocycles. The van der Waals surface area contributed by atoms with E-state index < -0.39 is 6.04 Å². The maximum absolute atomic E-state index is 13.9. The summed E-state index contributed by atoms with van der Waals surface area (Å²) in [5.74, 6) is -0.0781. The number of amides is 5. The third-order valence-corrected chi connectivity index (χ3v) is 9.71. The number of nitrogens with one attached hydrogen (secondary N) is 2. The van der Waals surface area contributed by atoms with Gasteiger partial charge in [-0.15, -0.1) is 0 Å². The predicted octanol–water partition coefficient (Wildman–Crippen LogP) is 4.30. The monoisotopic (exact) mass is 604 g/mol. The Morgan fingerprint density at radius 2 is 1.64 bits per heavy atom. The number of para-hydroxylation sites is 1. The number of benzene rings is 2. The summed E-state index contributed by atoms with van der Waals surface area (Å²) < 4.78 is 0. The number of urea groups is 2. The van der Waals surface area contributed by atoms with E-state index in [1.54, 1.807) is 11.9 Å². The molecule has 0 saturated carbocycles. The number of piperidine rings is 2. The van der Waals surface area contributed by atoms with Gasteiger partial charge in [0.2, 0.25) is 5.91 Å². The molecule has 1 atom stereocenters. The topological polar surface area (TPSA) is 108 Å². The second-order valence-electron chi connectivity index (χ2n) is 12.4. The van der Waals surface area contributed by atoms with Gasteiger partial charge in [-0.2, -0.15) is 5.06 Å². The number of hydroxylamine groups is 2. The first-order valence-corrected chi connectivity index (χ1v) is 16.3. The zero-order chi connectivity index (χ0) is 31.2. The van der Waals surface area contributed by atoms with Crippen LogP contribution in [0, 0.1) is 0 Å². The number of hydrogen-bond donors (Lipinski definition) is 3. The molecule has 238 valence electrons. The van der Waals surface area contributed by atoms with Gasteiger partial charge in [-0.25, -0.2) is 9.59 Å². The summed E-state index contributed by atoms with van der Waals surface area (Å²) in [7, 11) is 1.65. The van der Waals surface area contributed by atoms with E-state index in [1.807, 2.05) is 28.0 Å². The van der Waals surface area contributed by atoms with E-state index in [0.717, 1.165) is 36.1 Å². The van der Waals surface area contributed by atoms with Crippen LogP contribution >= 0.6 is 0 Å². The molecule has 3 N–H and O–H groups in total. The highest BCUT2D eigenvalue weighted by molar-refractivity contribution is 5.91. The maximum atomic E-state index is 13.9. The van der Waals surface area contributed by atoms with Gasteiger partial charge in [-0.1, -0.05) is 50.2 Å². The Kier molecular flexibility index (Phi) is 10.4. The van der Waals surface area contributed by atoms with E-state index in [9.17, 15) is 19.6 Å². The minimum absolute atomic E-state index is 0.0301. The van der Waals surface area contributed by atoms with Crippen molar-refractivity contribution >= 4 is 23.7 Å². The maximum Gasteiger partial charge on any atom is 0.322 e. The Labute approximate surface area is 261 Å². The number of fused-ring (bicyclic) bond motifs is 1. The average Bonchev–Trinajstić information content (AvgIpc) is 3.22. The van der Waals surface area contributed by atoms with E-state index in [4.69, 9.17) is 0 Å². The summed E-state index contributed by atoms with van der Waals surface area (Å²) in [4.78, 5) is 46.0. The lowest BCUT2D eigenvalue weighted by atomic mass is 9.96. The molecule has 2 aromatic carbocycles. The standard InChI is InChI=1S/C34H48N6O4/c1-4-25-11-10-24(22-26(25)5-2)23-31(32(41)38-17-13-28(14-18-38)37(3)44)36-33(42)39-19-15-29(16-20-39)40-21-12-27-8-6-7-9-30(27)35-34(40)43/h6-11,22,28-29,31,44H,4-5,12-21,23H2,1-3H3,(H,35,43)(H,36,42)/t31-/m1/s1.